The Balaban J connectivity index is 2.17. The summed E-state index contributed by atoms with van der Waals surface area (Å²) in [6.07, 6.45) is 7.39. The zero-order valence-electron chi connectivity index (χ0n) is 8.99. The smallest absolute Gasteiger partial charge is 0.120 e. The lowest BCUT2D eigenvalue weighted by Crippen LogP contribution is -2.43. The van der Waals surface area contributed by atoms with Gasteiger partial charge in [0.05, 0.1) is 11.7 Å². The van der Waals surface area contributed by atoms with E-state index in [9.17, 15) is 0 Å². The van der Waals surface area contributed by atoms with Crippen LogP contribution in [0.1, 0.15) is 25.1 Å². The fraction of sp³-hybridized carbons (Fsp3) is 0.417. The molecule has 16 heavy (non-hydrogen) atoms. The van der Waals surface area contributed by atoms with Crippen molar-refractivity contribution >= 4 is 17.1 Å². The van der Waals surface area contributed by atoms with Crippen molar-refractivity contribution in [1.29, 1.82) is 0 Å². The summed E-state index contributed by atoms with van der Waals surface area (Å²) < 4.78 is 2.11. The molecular weight excluding hydrogens is 222 g/mol. The van der Waals surface area contributed by atoms with Gasteiger partial charge in [0.25, 0.3) is 0 Å². The topological polar surface area (TPSA) is 43.3 Å². The van der Waals surface area contributed by atoms with Gasteiger partial charge in [-0.25, -0.2) is 4.98 Å². The van der Waals surface area contributed by atoms with Crippen LogP contribution >= 0.6 is 11.6 Å². The van der Waals surface area contributed by atoms with Crippen molar-refractivity contribution in [3.63, 3.8) is 0 Å². The Morgan fingerprint density at radius 2 is 2.31 bits per heavy atom. The molecule has 2 heterocycles. The Morgan fingerprint density at radius 3 is 2.94 bits per heavy atom. The summed E-state index contributed by atoms with van der Waals surface area (Å²) in [6, 6.07) is 3.82. The van der Waals surface area contributed by atoms with Gasteiger partial charge >= 0.3 is 0 Å². The van der Waals surface area contributed by atoms with Crippen LogP contribution in [0.4, 0.5) is 0 Å². The minimum atomic E-state index is 0.0975. The predicted octanol–water partition coefficient (Wildman–Crippen LogP) is 2.37. The first-order chi connectivity index (χ1) is 7.75. The Labute approximate surface area is 99.2 Å². The number of hydrogen-bond donors (Lipinski definition) is 1. The second-order valence-electron chi connectivity index (χ2n) is 4.56. The number of hydrogen-bond acceptors (Lipinski definition) is 2. The Hall–Kier alpha value is -1.06. The van der Waals surface area contributed by atoms with Gasteiger partial charge in [0, 0.05) is 23.2 Å². The van der Waals surface area contributed by atoms with Crippen LogP contribution in [0.2, 0.25) is 5.02 Å². The van der Waals surface area contributed by atoms with E-state index < -0.39 is 0 Å². The highest BCUT2D eigenvalue weighted by Crippen LogP contribution is 2.42. The summed E-state index contributed by atoms with van der Waals surface area (Å²) in [4.78, 5) is 4.53. The molecule has 0 amide bonds. The highest BCUT2D eigenvalue weighted by molar-refractivity contribution is 6.30. The monoisotopic (exact) mass is 235 g/mol. The first-order valence-electron chi connectivity index (χ1n) is 5.58. The molecule has 0 radical (unpaired) electrons. The molecule has 0 atom stereocenters. The maximum absolute atomic E-state index is 5.96. The van der Waals surface area contributed by atoms with E-state index in [0.29, 0.717) is 6.54 Å². The molecule has 1 fully saturated rings. The fourth-order valence-electron chi connectivity index (χ4n) is 2.49. The largest absolute Gasteiger partial charge is 0.329 e. The van der Waals surface area contributed by atoms with Crippen LogP contribution < -0.4 is 5.73 Å². The van der Waals surface area contributed by atoms with Gasteiger partial charge in [-0.15, -0.1) is 0 Å². The number of halogens is 1. The lowest BCUT2D eigenvalue weighted by Gasteiger charge is -2.39. The Kier molecular flexibility index (Phi) is 2.19. The predicted molar refractivity (Wildman–Crippen MR) is 64.8 cm³/mol. The lowest BCUT2D eigenvalue weighted by atomic mass is 9.68. The highest BCUT2D eigenvalue weighted by Gasteiger charge is 2.40. The van der Waals surface area contributed by atoms with Crippen molar-refractivity contribution in [2.24, 2.45) is 5.73 Å². The second kappa shape index (κ2) is 3.47. The Morgan fingerprint density at radius 1 is 1.50 bits per heavy atom. The molecule has 84 valence electrons. The van der Waals surface area contributed by atoms with E-state index in [1.165, 1.54) is 6.42 Å². The molecule has 1 saturated carbocycles. The van der Waals surface area contributed by atoms with E-state index in [4.69, 9.17) is 17.3 Å². The van der Waals surface area contributed by atoms with Crippen LogP contribution in [0, 0.1) is 0 Å². The van der Waals surface area contributed by atoms with Crippen molar-refractivity contribution in [3.05, 3.63) is 35.4 Å². The molecule has 1 aliphatic rings. The van der Waals surface area contributed by atoms with Crippen LogP contribution in [0.3, 0.4) is 0 Å². The molecule has 1 aliphatic carbocycles. The number of aromatic nitrogens is 2. The third-order valence-electron chi connectivity index (χ3n) is 3.67. The second-order valence-corrected chi connectivity index (χ2v) is 5.00. The molecule has 3 nitrogen and oxygen atoms in total. The van der Waals surface area contributed by atoms with E-state index >= 15 is 0 Å². The summed E-state index contributed by atoms with van der Waals surface area (Å²) >= 11 is 5.96. The lowest BCUT2D eigenvalue weighted by molar-refractivity contribution is 0.237. The van der Waals surface area contributed by atoms with Crippen LogP contribution in [0.5, 0.6) is 0 Å². The van der Waals surface area contributed by atoms with E-state index in [-0.39, 0.29) is 5.41 Å². The number of nitrogens with two attached hydrogens (primary N) is 1. The molecule has 2 aromatic heterocycles. The van der Waals surface area contributed by atoms with Gasteiger partial charge in [0.15, 0.2) is 0 Å². The van der Waals surface area contributed by atoms with Crippen LogP contribution in [-0.4, -0.2) is 15.9 Å². The maximum Gasteiger partial charge on any atom is 0.120 e. The average Bonchev–Trinajstić information content (AvgIpc) is 2.61. The summed E-state index contributed by atoms with van der Waals surface area (Å²) in [5, 5.41) is 0.745. The molecule has 0 unspecified atom stereocenters. The Bertz CT molecular complexity index is 523. The maximum atomic E-state index is 5.96. The van der Waals surface area contributed by atoms with E-state index in [0.717, 1.165) is 29.2 Å². The van der Waals surface area contributed by atoms with E-state index in [2.05, 4.69) is 9.38 Å². The first-order valence-corrected chi connectivity index (χ1v) is 5.96. The van der Waals surface area contributed by atoms with Crippen LogP contribution in [0.15, 0.2) is 24.5 Å². The summed E-state index contributed by atoms with van der Waals surface area (Å²) in [6.45, 7) is 0.675. The third-order valence-corrected chi connectivity index (χ3v) is 3.90. The van der Waals surface area contributed by atoms with Crippen LogP contribution in [0.25, 0.3) is 5.52 Å². The quantitative estimate of drug-likeness (QED) is 0.869. The van der Waals surface area contributed by atoms with Crippen molar-refractivity contribution in [3.8, 4) is 0 Å². The summed E-state index contributed by atoms with van der Waals surface area (Å²) in [5.74, 6) is 1.09. The van der Waals surface area contributed by atoms with Gasteiger partial charge in [-0.1, -0.05) is 18.0 Å². The van der Waals surface area contributed by atoms with Gasteiger partial charge < -0.3 is 10.1 Å². The summed E-state index contributed by atoms with van der Waals surface area (Å²) in [5.41, 5.74) is 7.04. The number of fused-ring (bicyclic) bond motifs is 1. The van der Waals surface area contributed by atoms with Gasteiger partial charge in [-0.3, -0.25) is 0 Å². The average molecular weight is 236 g/mol. The minimum Gasteiger partial charge on any atom is -0.329 e. The normalized spacial score (nSPS) is 18.6. The first kappa shape index (κ1) is 10.1. The number of pyridine rings is 1. The SMILES string of the molecule is NCC1(c2ncc3cc(Cl)ccn23)CCC1. The molecule has 3 rings (SSSR count). The number of rotatable bonds is 2. The molecule has 2 N–H and O–H groups in total. The van der Waals surface area contributed by atoms with Crippen molar-refractivity contribution in [2.45, 2.75) is 24.7 Å². The van der Waals surface area contributed by atoms with Gasteiger partial charge in [0.2, 0.25) is 0 Å². The van der Waals surface area contributed by atoms with E-state index in [1.54, 1.807) is 0 Å². The van der Waals surface area contributed by atoms with Gasteiger partial charge in [-0.2, -0.15) is 0 Å². The van der Waals surface area contributed by atoms with Crippen LogP contribution in [-0.2, 0) is 5.41 Å². The van der Waals surface area contributed by atoms with Crippen molar-refractivity contribution < 1.29 is 0 Å². The molecular formula is C12H14ClN3. The molecule has 0 bridgehead atoms. The standard InChI is InChI=1S/C12H14ClN3/c13-9-2-5-16-10(6-9)7-15-11(16)12(8-14)3-1-4-12/h2,5-7H,1,3-4,8,14H2. The van der Waals surface area contributed by atoms with Gasteiger partial charge in [-0.05, 0) is 25.0 Å². The number of nitrogens with zero attached hydrogens (tertiary/aromatic N) is 2. The van der Waals surface area contributed by atoms with E-state index in [1.807, 2.05) is 24.5 Å². The molecule has 2 aromatic rings. The van der Waals surface area contributed by atoms with Crippen molar-refractivity contribution in [1.82, 2.24) is 9.38 Å². The number of imidazole rings is 1. The zero-order valence-corrected chi connectivity index (χ0v) is 9.74. The molecule has 0 spiro atoms. The molecule has 0 aromatic carbocycles. The highest BCUT2D eigenvalue weighted by atomic mass is 35.5. The summed E-state index contributed by atoms with van der Waals surface area (Å²) in [7, 11) is 0. The molecule has 0 aliphatic heterocycles. The third kappa shape index (κ3) is 1.28. The zero-order chi connectivity index (χ0) is 11.2. The molecule has 0 saturated heterocycles. The van der Waals surface area contributed by atoms with Gasteiger partial charge in [0.1, 0.15) is 5.82 Å². The molecule has 4 heteroatoms. The van der Waals surface area contributed by atoms with Crippen molar-refractivity contribution in [2.75, 3.05) is 6.54 Å². The fourth-order valence-corrected chi connectivity index (χ4v) is 2.66. The minimum absolute atomic E-state index is 0.0975.